The fraction of sp³-hybridized carbons (Fsp3) is 0.625. The number of hydrogen-bond acceptors (Lipinski definition) is 3. The molecule has 1 aliphatic rings. The van der Waals surface area contributed by atoms with E-state index in [-0.39, 0.29) is 0 Å². The molecule has 0 aliphatic carbocycles. The molecule has 0 radical (unpaired) electrons. The molecule has 0 bridgehead atoms. The molecule has 0 spiro atoms. The lowest BCUT2D eigenvalue weighted by Gasteiger charge is -2.10. The summed E-state index contributed by atoms with van der Waals surface area (Å²) < 4.78 is 2.22. The van der Waals surface area contributed by atoms with Gasteiger partial charge in [0.15, 0.2) is 5.69 Å². The largest absolute Gasteiger partial charge is 0.269 e. The third-order valence-corrected chi connectivity index (χ3v) is 3.51. The van der Waals surface area contributed by atoms with E-state index in [4.69, 9.17) is 5.84 Å². The molecule has 1 aromatic heterocycles. The molecule has 0 saturated carbocycles. The Morgan fingerprint density at radius 2 is 2.25 bits per heavy atom. The normalized spacial score (nSPS) is 18.8. The maximum Gasteiger partial charge on any atom is 0.224 e. The molecule has 2 heterocycles. The van der Waals surface area contributed by atoms with Crippen molar-refractivity contribution in [3.05, 3.63) is 16.1 Å². The number of thiazole rings is 1. The van der Waals surface area contributed by atoms with Crippen molar-refractivity contribution >= 4 is 11.3 Å². The highest BCUT2D eigenvalue weighted by Gasteiger charge is 2.20. The van der Waals surface area contributed by atoms with Crippen LogP contribution in [0.25, 0.3) is 0 Å². The number of rotatable bonds is 0. The molecule has 2 rings (SSSR count). The Labute approximate surface area is 76.4 Å². The number of hydrogen-bond donors (Lipinski definition) is 1. The predicted molar refractivity (Wildman–Crippen MR) is 48.7 cm³/mol. The van der Waals surface area contributed by atoms with Gasteiger partial charge in [-0.25, -0.2) is 5.01 Å². The first-order valence-electron chi connectivity index (χ1n) is 4.22. The van der Waals surface area contributed by atoms with Gasteiger partial charge in [0.1, 0.15) is 7.05 Å². The molecular formula is C8H14N3S+. The second-order valence-corrected chi connectivity index (χ2v) is 4.18. The summed E-state index contributed by atoms with van der Waals surface area (Å²) in [5, 5.41) is 1.91. The van der Waals surface area contributed by atoms with Crippen molar-refractivity contribution in [3.63, 3.8) is 0 Å². The van der Waals surface area contributed by atoms with E-state index in [1.807, 2.05) is 16.3 Å². The fourth-order valence-corrected chi connectivity index (χ4v) is 2.60. The summed E-state index contributed by atoms with van der Waals surface area (Å²) >= 11 is 1.85. The molecular weight excluding hydrogens is 170 g/mol. The monoisotopic (exact) mass is 184 g/mol. The molecule has 0 atom stereocenters. The second kappa shape index (κ2) is 3.12. The molecule has 1 aromatic rings. The van der Waals surface area contributed by atoms with Gasteiger partial charge < -0.3 is 0 Å². The van der Waals surface area contributed by atoms with Crippen molar-refractivity contribution < 1.29 is 4.57 Å². The van der Waals surface area contributed by atoms with Gasteiger partial charge in [0.25, 0.3) is 0 Å². The number of hydrazine groups is 1. The Balaban J connectivity index is 2.28. The highest BCUT2D eigenvalue weighted by Crippen LogP contribution is 2.15. The zero-order valence-electron chi connectivity index (χ0n) is 7.29. The van der Waals surface area contributed by atoms with Crippen LogP contribution in [0.3, 0.4) is 0 Å². The van der Waals surface area contributed by atoms with E-state index in [1.165, 1.54) is 10.6 Å². The molecule has 0 aromatic carbocycles. The van der Waals surface area contributed by atoms with Gasteiger partial charge in [0, 0.05) is 25.9 Å². The van der Waals surface area contributed by atoms with E-state index in [0.29, 0.717) is 0 Å². The molecule has 1 aliphatic heterocycles. The van der Waals surface area contributed by atoms with Crippen molar-refractivity contribution in [2.75, 3.05) is 13.1 Å². The van der Waals surface area contributed by atoms with Crippen LogP contribution in [0, 0.1) is 0 Å². The SMILES string of the molecule is C[n+]1csc2c1CCN(N)CC2. The van der Waals surface area contributed by atoms with E-state index in [9.17, 15) is 0 Å². The standard InChI is InChI=1S/C8H14N3S/c1-10-6-12-8-3-5-11(9)4-2-7(8)10/h6H,2-5,9H2,1H3/q+1. The van der Waals surface area contributed by atoms with Gasteiger partial charge in [0.05, 0.1) is 4.88 Å². The smallest absolute Gasteiger partial charge is 0.224 e. The highest BCUT2D eigenvalue weighted by molar-refractivity contribution is 7.09. The summed E-state index contributed by atoms with van der Waals surface area (Å²) in [4.78, 5) is 1.51. The van der Waals surface area contributed by atoms with Crippen LogP contribution >= 0.6 is 11.3 Å². The molecule has 2 N–H and O–H groups in total. The minimum absolute atomic E-state index is 0.984. The van der Waals surface area contributed by atoms with E-state index in [0.717, 1.165) is 25.9 Å². The van der Waals surface area contributed by atoms with Gasteiger partial charge in [-0.05, 0) is 0 Å². The quantitative estimate of drug-likeness (QED) is 0.449. The number of aryl methyl sites for hydroxylation is 1. The van der Waals surface area contributed by atoms with Gasteiger partial charge in [0.2, 0.25) is 5.51 Å². The number of nitrogens with two attached hydrogens (primary N) is 1. The van der Waals surface area contributed by atoms with Crippen LogP contribution in [-0.2, 0) is 19.9 Å². The van der Waals surface area contributed by atoms with Crippen LogP contribution in [-0.4, -0.2) is 18.1 Å². The van der Waals surface area contributed by atoms with Crippen LogP contribution in [0.4, 0.5) is 0 Å². The minimum Gasteiger partial charge on any atom is -0.269 e. The summed E-state index contributed by atoms with van der Waals surface area (Å²) in [6.07, 6.45) is 2.20. The average molecular weight is 184 g/mol. The number of nitrogens with zero attached hydrogens (tertiary/aromatic N) is 2. The molecule has 0 unspecified atom stereocenters. The van der Waals surface area contributed by atoms with Gasteiger partial charge in [-0.3, -0.25) is 5.84 Å². The lowest BCUT2D eigenvalue weighted by molar-refractivity contribution is -0.674. The molecule has 0 fully saturated rings. The first-order chi connectivity index (χ1) is 5.77. The summed E-state index contributed by atoms with van der Waals surface area (Å²) in [6.45, 7) is 1.98. The van der Waals surface area contributed by atoms with Crippen molar-refractivity contribution in [2.45, 2.75) is 12.8 Å². The summed E-state index contributed by atoms with van der Waals surface area (Å²) in [5.74, 6) is 5.75. The van der Waals surface area contributed by atoms with E-state index in [2.05, 4.69) is 17.1 Å². The summed E-state index contributed by atoms with van der Waals surface area (Å²) in [6, 6.07) is 0. The van der Waals surface area contributed by atoms with E-state index >= 15 is 0 Å². The first kappa shape index (κ1) is 8.16. The van der Waals surface area contributed by atoms with Gasteiger partial charge in [-0.2, -0.15) is 4.57 Å². The lowest BCUT2D eigenvalue weighted by Crippen LogP contribution is -2.35. The average Bonchev–Trinajstić information content (AvgIpc) is 2.28. The molecule has 0 amide bonds. The van der Waals surface area contributed by atoms with Gasteiger partial charge in [-0.1, -0.05) is 11.3 Å². The summed E-state index contributed by atoms with van der Waals surface area (Å²) in [5.41, 5.74) is 3.64. The van der Waals surface area contributed by atoms with Crippen LogP contribution in [0.15, 0.2) is 5.51 Å². The van der Waals surface area contributed by atoms with E-state index < -0.39 is 0 Å². The van der Waals surface area contributed by atoms with E-state index in [1.54, 1.807) is 0 Å². The Hall–Kier alpha value is -0.450. The summed E-state index contributed by atoms with van der Waals surface area (Å²) in [7, 11) is 2.11. The maximum absolute atomic E-state index is 5.75. The van der Waals surface area contributed by atoms with Gasteiger partial charge >= 0.3 is 0 Å². The molecule has 3 nitrogen and oxygen atoms in total. The topological polar surface area (TPSA) is 33.1 Å². The Morgan fingerprint density at radius 3 is 3.08 bits per heavy atom. The molecule has 12 heavy (non-hydrogen) atoms. The third kappa shape index (κ3) is 1.37. The van der Waals surface area contributed by atoms with Crippen LogP contribution in [0.1, 0.15) is 10.6 Å². The van der Waals surface area contributed by atoms with Crippen molar-refractivity contribution in [3.8, 4) is 0 Å². The van der Waals surface area contributed by atoms with Crippen molar-refractivity contribution in [1.82, 2.24) is 5.01 Å². The first-order valence-corrected chi connectivity index (χ1v) is 5.10. The predicted octanol–water partition coefficient (Wildman–Crippen LogP) is -0.153. The molecule has 4 heteroatoms. The van der Waals surface area contributed by atoms with Crippen LogP contribution in [0.2, 0.25) is 0 Å². The number of fused-ring (bicyclic) bond motifs is 1. The molecule has 0 saturated heterocycles. The third-order valence-electron chi connectivity index (χ3n) is 2.36. The maximum atomic E-state index is 5.75. The van der Waals surface area contributed by atoms with Crippen molar-refractivity contribution in [2.24, 2.45) is 12.9 Å². The second-order valence-electron chi connectivity index (χ2n) is 3.24. The van der Waals surface area contributed by atoms with Crippen LogP contribution in [0.5, 0.6) is 0 Å². The van der Waals surface area contributed by atoms with Gasteiger partial charge in [-0.15, -0.1) is 0 Å². The zero-order chi connectivity index (χ0) is 8.55. The zero-order valence-corrected chi connectivity index (χ0v) is 8.10. The molecule has 66 valence electrons. The lowest BCUT2D eigenvalue weighted by atomic mass is 10.2. The Morgan fingerprint density at radius 1 is 1.50 bits per heavy atom. The van der Waals surface area contributed by atoms with Crippen LogP contribution < -0.4 is 10.4 Å². The minimum atomic E-state index is 0.984. The Kier molecular flexibility index (Phi) is 2.12. The number of aromatic nitrogens is 1. The highest BCUT2D eigenvalue weighted by atomic mass is 32.1. The Bertz CT molecular complexity index is 282. The fourth-order valence-electron chi connectivity index (χ4n) is 1.60. The van der Waals surface area contributed by atoms with Crippen molar-refractivity contribution in [1.29, 1.82) is 0 Å².